The topological polar surface area (TPSA) is 259 Å². The molecule has 0 aromatic heterocycles. The summed E-state index contributed by atoms with van der Waals surface area (Å²) >= 11 is 0. The Bertz CT molecular complexity index is 213. The van der Waals surface area contributed by atoms with Crippen LogP contribution in [0.2, 0.25) is 0 Å². The van der Waals surface area contributed by atoms with Gasteiger partial charge in [-0.3, -0.25) is 0 Å². The van der Waals surface area contributed by atoms with Crippen molar-refractivity contribution in [2.45, 2.75) is 0 Å². The van der Waals surface area contributed by atoms with Crippen LogP contribution in [-0.4, -0.2) is 0 Å². The fraction of sp³-hybridized carbons (Fsp3) is 0. The first-order valence-corrected chi connectivity index (χ1v) is 6.57. The van der Waals surface area contributed by atoms with Crippen molar-refractivity contribution in [3.05, 3.63) is 0 Å². The molecule has 0 bridgehead atoms. The molecule has 0 spiro atoms. The average molecular weight is 447 g/mol. The van der Waals surface area contributed by atoms with Gasteiger partial charge < -0.3 is 57.7 Å². The van der Waals surface area contributed by atoms with E-state index in [4.69, 9.17) is 57.7 Å². The van der Waals surface area contributed by atoms with Crippen molar-refractivity contribution >= 4 is 23.5 Å². The Morgan fingerprint density at radius 1 is 0.500 bits per heavy atom. The molecule has 0 saturated heterocycles. The van der Waals surface area contributed by atoms with Crippen LogP contribution in [0.3, 0.4) is 0 Å². The summed E-state index contributed by atoms with van der Waals surface area (Å²) in [6.07, 6.45) is 0. The maximum Gasteiger partial charge on any atom is 4.00 e. The number of phosphoric acid groups is 3. The summed E-state index contributed by atoms with van der Waals surface area (Å²) in [6.45, 7) is 0. The predicted molar refractivity (Wildman–Crippen MR) is 22.8 cm³/mol. The Labute approximate surface area is 157 Å². The van der Waals surface area contributed by atoms with Crippen LogP contribution in [0.15, 0.2) is 0 Å². The van der Waals surface area contributed by atoms with Crippen molar-refractivity contribution in [2.75, 3.05) is 0 Å². The van der Waals surface area contributed by atoms with Gasteiger partial charge in [0.15, 0.2) is 0 Å². The van der Waals surface area contributed by atoms with E-state index in [0.29, 0.717) is 0 Å². The number of hydrogen-bond acceptors (Lipinski definition) is 12. The molecule has 96 valence electrons. The van der Waals surface area contributed by atoms with E-state index in [0.717, 1.165) is 0 Å². The van der Waals surface area contributed by atoms with E-state index in [9.17, 15) is 0 Å². The molecular formula is NaO12P3TiZr. The molecule has 0 fully saturated rings. The first kappa shape index (κ1) is 37.3. The van der Waals surface area contributed by atoms with Crippen LogP contribution in [0.25, 0.3) is 0 Å². The first-order valence-electron chi connectivity index (χ1n) is 2.19. The fourth-order valence-corrected chi connectivity index (χ4v) is 0. The minimum atomic E-state index is -5.39. The van der Waals surface area contributed by atoms with Gasteiger partial charge in [0.2, 0.25) is 0 Å². The van der Waals surface area contributed by atoms with Gasteiger partial charge in [-0.15, -0.1) is 0 Å². The summed E-state index contributed by atoms with van der Waals surface area (Å²) in [5.74, 6) is 0. The summed E-state index contributed by atoms with van der Waals surface area (Å²) < 4.78 is 25.6. The molecule has 0 atom stereocenters. The molecule has 18 heavy (non-hydrogen) atoms. The third kappa shape index (κ3) is 710. The molecular weight excluding hydrogens is 447 g/mol. The maximum absolute atomic E-state index is 8.55. The molecule has 0 unspecified atom stereocenters. The van der Waals surface area contributed by atoms with Crippen LogP contribution in [0.4, 0.5) is 0 Å². The van der Waals surface area contributed by atoms with Gasteiger partial charge in [0.1, 0.15) is 0 Å². The predicted octanol–water partition coefficient (Wildman–Crippen LogP) is -11.5. The van der Waals surface area contributed by atoms with Crippen molar-refractivity contribution < 1.29 is 135 Å². The summed E-state index contributed by atoms with van der Waals surface area (Å²) in [4.78, 5) is 76.9. The number of hydrogen-bond donors (Lipinski definition) is 0. The molecule has 0 heterocycles. The third-order valence-corrected chi connectivity index (χ3v) is 0. The molecule has 0 aliphatic heterocycles. The number of rotatable bonds is 0. The van der Waals surface area contributed by atoms with E-state index >= 15 is 0 Å². The first-order chi connectivity index (χ1) is 6.00. The zero-order valence-electron chi connectivity index (χ0n) is 8.24. The van der Waals surface area contributed by atoms with Gasteiger partial charge in [0, 0.05) is 0 Å². The van der Waals surface area contributed by atoms with Crippen molar-refractivity contribution in [3.63, 3.8) is 0 Å². The van der Waals surface area contributed by atoms with E-state index in [1.54, 1.807) is 0 Å². The summed E-state index contributed by atoms with van der Waals surface area (Å²) in [7, 11) is -16.2. The molecule has 0 radical (unpaired) electrons. The smallest absolute Gasteiger partial charge is 0.822 e. The minimum Gasteiger partial charge on any atom is -0.822 e. The average Bonchev–Trinajstić information content (AvgIpc) is 1.41. The second kappa shape index (κ2) is 16.3. The second-order valence-corrected chi connectivity index (χ2v) is 4.02. The van der Waals surface area contributed by atoms with Gasteiger partial charge in [0.25, 0.3) is 0 Å². The van der Waals surface area contributed by atoms with Crippen LogP contribution in [-0.2, 0) is 61.6 Å². The molecule has 0 aromatic rings. The van der Waals surface area contributed by atoms with Crippen LogP contribution in [0.1, 0.15) is 0 Å². The summed E-state index contributed by atoms with van der Waals surface area (Å²) in [5.41, 5.74) is 0. The van der Waals surface area contributed by atoms with Gasteiger partial charge in [-0.1, -0.05) is 0 Å². The maximum atomic E-state index is 8.55. The molecule has 0 saturated carbocycles. The van der Waals surface area contributed by atoms with Crippen molar-refractivity contribution in [2.24, 2.45) is 0 Å². The van der Waals surface area contributed by atoms with Gasteiger partial charge in [-0.25, -0.2) is 0 Å². The standard InChI is InChI=1S/Na.3H3O4P.Ti.Zr/c;3*1-5(2,3)4;;/h;3*(H3,1,2,3,4);;/q+1;;;;2*+4/p-9. The molecule has 18 heteroatoms. The van der Waals surface area contributed by atoms with Gasteiger partial charge in [-0.05, 0) is 0 Å². The monoisotopic (exact) mass is 446 g/mol. The zero-order chi connectivity index (χ0) is 13.5. The quantitative estimate of drug-likeness (QED) is 0.248. The van der Waals surface area contributed by atoms with E-state index in [1.165, 1.54) is 0 Å². The molecule has 0 aliphatic carbocycles. The van der Waals surface area contributed by atoms with Gasteiger partial charge in [-0.2, -0.15) is 23.5 Å². The van der Waals surface area contributed by atoms with Crippen LogP contribution in [0, 0.1) is 0 Å². The molecule has 0 rings (SSSR count). The van der Waals surface area contributed by atoms with Crippen molar-refractivity contribution in [3.8, 4) is 0 Å². The van der Waals surface area contributed by atoms with E-state index in [1.807, 2.05) is 0 Å². The Balaban J connectivity index is -0.0000000277. The molecule has 0 amide bonds. The summed E-state index contributed by atoms with van der Waals surface area (Å²) in [6, 6.07) is 0. The van der Waals surface area contributed by atoms with Crippen LogP contribution in [0.5, 0.6) is 0 Å². The normalized spacial score (nSPS) is 9.83. The minimum absolute atomic E-state index is 0. The van der Waals surface area contributed by atoms with Crippen LogP contribution < -0.4 is 73.6 Å². The third-order valence-electron chi connectivity index (χ3n) is 0. The molecule has 12 nitrogen and oxygen atoms in total. The molecule has 0 aliphatic rings. The van der Waals surface area contributed by atoms with E-state index < -0.39 is 23.5 Å². The Hall–Kier alpha value is 2.93. The van der Waals surface area contributed by atoms with E-state index in [2.05, 4.69) is 0 Å². The second-order valence-electron chi connectivity index (χ2n) is 1.34. The Kier molecular flexibility index (Phi) is 33.8. The fourth-order valence-electron chi connectivity index (χ4n) is 0. The summed E-state index contributed by atoms with van der Waals surface area (Å²) in [5, 5.41) is 0. The zero-order valence-corrected chi connectivity index (χ0v) is 16.9. The SMILES string of the molecule is O=P([O-])([O-])[O-].O=P([O-])([O-])[O-].O=P([O-])([O-])[O-].[Na+].[Ti+4].[Zr+4]. The molecule has 0 aromatic carbocycles. The van der Waals surface area contributed by atoms with Gasteiger partial charge in [0.05, 0.1) is 0 Å². The van der Waals surface area contributed by atoms with Crippen LogP contribution >= 0.6 is 23.5 Å². The Morgan fingerprint density at radius 2 is 0.500 bits per heavy atom. The van der Waals surface area contributed by atoms with Crippen molar-refractivity contribution in [1.29, 1.82) is 0 Å². The van der Waals surface area contributed by atoms with E-state index in [-0.39, 0.29) is 77.5 Å². The van der Waals surface area contributed by atoms with Crippen molar-refractivity contribution in [1.82, 2.24) is 0 Å². The largest absolute Gasteiger partial charge is 4.00 e. The Morgan fingerprint density at radius 3 is 0.500 bits per heavy atom. The molecule has 0 N–H and O–H groups in total. The van der Waals surface area contributed by atoms with Gasteiger partial charge >= 0.3 is 77.5 Å².